The highest BCUT2D eigenvalue weighted by molar-refractivity contribution is 5.30. The second kappa shape index (κ2) is 6.73. The summed E-state index contributed by atoms with van der Waals surface area (Å²) in [7, 11) is 3.73. The van der Waals surface area contributed by atoms with Crippen LogP contribution in [0.3, 0.4) is 0 Å². The quantitative estimate of drug-likeness (QED) is 0.699. The van der Waals surface area contributed by atoms with Gasteiger partial charge in [-0.05, 0) is 18.6 Å². The minimum Gasteiger partial charge on any atom is -0.380 e. The summed E-state index contributed by atoms with van der Waals surface area (Å²) in [6.45, 7) is 1.50. The zero-order chi connectivity index (χ0) is 17.2. The first kappa shape index (κ1) is 15.9. The zero-order valence-corrected chi connectivity index (χ0v) is 14.4. The molecule has 4 rings (SSSR count). The molecule has 3 heterocycles. The Hall–Kier alpha value is -2.58. The predicted octanol–water partition coefficient (Wildman–Crippen LogP) is 1.36. The van der Waals surface area contributed by atoms with Crippen molar-refractivity contribution >= 4 is 0 Å². The van der Waals surface area contributed by atoms with Crippen LogP contribution in [0.4, 0.5) is 0 Å². The molecule has 130 valence electrons. The highest BCUT2D eigenvalue weighted by Gasteiger charge is 2.36. The molecule has 0 N–H and O–H groups in total. The maximum absolute atomic E-state index is 5.60. The molecule has 25 heavy (non-hydrogen) atoms. The highest BCUT2D eigenvalue weighted by atomic mass is 16.5. The number of ether oxygens (including phenoxy) is 1. The second-order valence-corrected chi connectivity index (χ2v) is 6.26. The van der Waals surface area contributed by atoms with E-state index < -0.39 is 0 Å². The van der Waals surface area contributed by atoms with Crippen molar-refractivity contribution in [3.63, 3.8) is 0 Å². The number of rotatable bonds is 5. The van der Waals surface area contributed by atoms with E-state index in [4.69, 9.17) is 4.74 Å². The average Bonchev–Trinajstić information content (AvgIpc) is 3.36. The van der Waals surface area contributed by atoms with Gasteiger partial charge in [0.25, 0.3) is 0 Å². The summed E-state index contributed by atoms with van der Waals surface area (Å²) in [5.74, 6) is 1.85. The number of aromatic nitrogens is 6. The summed E-state index contributed by atoms with van der Waals surface area (Å²) >= 11 is 0. The third-order valence-corrected chi connectivity index (χ3v) is 4.71. The Labute approximate surface area is 146 Å². The van der Waals surface area contributed by atoms with E-state index in [1.54, 1.807) is 19.8 Å². The van der Waals surface area contributed by atoms with Gasteiger partial charge >= 0.3 is 0 Å². The molecule has 1 saturated heterocycles. The van der Waals surface area contributed by atoms with Crippen LogP contribution in [0, 0.1) is 0 Å². The molecule has 0 saturated carbocycles. The fourth-order valence-corrected chi connectivity index (χ4v) is 3.41. The molecule has 0 unspecified atom stereocenters. The maximum Gasteiger partial charge on any atom is 0.150 e. The molecule has 8 heteroatoms. The first-order chi connectivity index (χ1) is 12.3. The zero-order valence-electron chi connectivity index (χ0n) is 14.4. The normalized spacial score (nSPS) is 21.0. The van der Waals surface area contributed by atoms with Crippen LogP contribution in [0.2, 0.25) is 0 Å². The van der Waals surface area contributed by atoms with E-state index >= 15 is 0 Å². The number of hydrogen-bond acceptors (Lipinski definition) is 6. The van der Waals surface area contributed by atoms with Crippen LogP contribution in [0.1, 0.15) is 24.1 Å². The van der Waals surface area contributed by atoms with Gasteiger partial charge in [-0.2, -0.15) is 5.10 Å². The highest BCUT2D eigenvalue weighted by Crippen LogP contribution is 2.33. The summed E-state index contributed by atoms with van der Waals surface area (Å²) in [5.41, 5.74) is 1.01. The molecule has 1 aliphatic rings. The van der Waals surface area contributed by atoms with E-state index in [1.807, 2.05) is 46.6 Å². The number of likely N-dealkylation sites (tertiary alicyclic amines) is 1. The molecule has 0 amide bonds. The van der Waals surface area contributed by atoms with Gasteiger partial charge < -0.3 is 9.30 Å². The Balaban J connectivity index is 1.61. The fraction of sp³-hybridized carbons (Fsp3) is 0.412. The van der Waals surface area contributed by atoms with Crippen LogP contribution in [0.15, 0.2) is 43.0 Å². The number of para-hydroxylation sites is 1. The molecule has 3 aromatic rings. The summed E-state index contributed by atoms with van der Waals surface area (Å²) in [6.07, 6.45) is 4.40. The van der Waals surface area contributed by atoms with Crippen molar-refractivity contribution in [1.29, 1.82) is 0 Å². The van der Waals surface area contributed by atoms with E-state index in [0.717, 1.165) is 30.3 Å². The number of benzene rings is 1. The van der Waals surface area contributed by atoms with Crippen molar-refractivity contribution in [2.75, 3.05) is 13.7 Å². The number of aryl methyl sites for hydroxylation is 1. The van der Waals surface area contributed by atoms with Crippen molar-refractivity contribution in [3.05, 3.63) is 54.6 Å². The van der Waals surface area contributed by atoms with Gasteiger partial charge in [-0.15, -0.1) is 10.2 Å². The molecule has 0 bridgehead atoms. The molecule has 1 aromatic carbocycles. The van der Waals surface area contributed by atoms with Crippen LogP contribution in [-0.2, 0) is 18.3 Å². The molecule has 0 radical (unpaired) electrons. The number of hydrogen-bond donors (Lipinski definition) is 0. The van der Waals surface area contributed by atoms with Crippen molar-refractivity contribution in [1.82, 2.24) is 34.4 Å². The molecule has 2 aromatic heterocycles. The Morgan fingerprint density at radius 2 is 2.08 bits per heavy atom. The van der Waals surface area contributed by atoms with Gasteiger partial charge in [-0.25, -0.2) is 9.67 Å². The Morgan fingerprint density at radius 1 is 1.24 bits per heavy atom. The minimum absolute atomic E-state index is 0.151. The van der Waals surface area contributed by atoms with E-state index in [-0.39, 0.29) is 12.1 Å². The van der Waals surface area contributed by atoms with Gasteiger partial charge in [0.1, 0.15) is 24.3 Å². The number of nitrogens with zero attached hydrogens (tertiary/aromatic N) is 7. The lowest BCUT2D eigenvalue weighted by Gasteiger charge is -2.22. The molecule has 0 spiro atoms. The van der Waals surface area contributed by atoms with Crippen molar-refractivity contribution in [2.24, 2.45) is 7.05 Å². The molecule has 2 atom stereocenters. The summed E-state index contributed by atoms with van der Waals surface area (Å²) in [5, 5.41) is 12.7. The summed E-state index contributed by atoms with van der Waals surface area (Å²) < 4.78 is 9.45. The van der Waals surface area contributed by atoms with E-state index in [0.29, 0.717) is 6.54 Å². The van der Waals surface area contributed by atoms with Crippen molar-refractivity contribution in [3.8, 4) is 5.69 Å². The van der Waals surface area contributed by atoms with Crippen LogP contribution < -0.4 is 0 Å². The van der Waals surface area contributed by atoms with E-state index in [9.17, 15) is 0 Å². The molecular formula is C17H21N7O. The van der Waals surface area contributed by atoms with Crippen LogP contribution in [0.25, 0.3) is 5.69 Å². The van der Waals surface area contributed by atoms with Crippen LogP contribution in [-0.4, -0.2) is 54.2 Å². The van der Waals surface area contributed by atoms with Crippen molar-refractivity contribution < 1.29 is 4.74 Å². The Kier molecular flexibility index (Phi) is 4.29. The lowest BCUT2D eigenvalue weighted by molar-refractivity contribution is 0.107. The van der Waals surface area contributed by atoms with E-state index in [1.165, 1.54) is 0 Å². The topological polar surface area (TPSA) is 73.9 Å². The third-order valence-electron chi connectivity index (χ3n) is 4.71. The molecule has 1 aliphatic heterocycles. The Bertz CT molecular complexity index is 828. The molecule has 1 fully saturated rings. The second-order valence-electron chi connectivity index (χ2n) is 6.26. The SMILES string of the molecule is CO[C@@H]1C[C@@H](c2nncn2C)N(Cc2ncnn2-c2ccccc2)C1. The lowest BCUT2D eigenvalue weighted by atomic mass is 10.2. The van der Waals surface area contributed by atoms with E-state index in [2.05, 4.69) is 25.2 Å². The van der Waals surface area contributed by atoms with Gasteiger partial charge in [0.2, 0.25) is 0 Å². The van der Waals surface area contributed by atoms with Gasteiger partial charge in [0, 0.05) is 20.7 Å². The van der Waals surface area contributed by atoms with Crippen molar-refractivity contribution in [2.45, 2.75) is 25.1 Å². The maximum atomic E-state index is 5.60. The summed E-state index contributed by atoms with van der Waals surface area (Å²) in [4.78, 5) is 6.81. The molecule has 0 aliphatic carbocycles. The summed E-state index contributed by atoms with van der Waals surface area (Å²) in [6, 6.07) is 10.2. The van der Waals surface area contributed by atoms with Crippen LogP contribution >= 0.6 is 0 Å². The smallest absolute Gasteiger partial charge is 0.150 e. The largest absolute Gasteiger partial charge is 0.380 e. The first-order valence-corrected chi connectivity index (χ1v) is 8.31. The minimum atomic E-state index is 0.151. The van der Waals surface area contributed by atoms with Gasteiger partial charge in [0.15, 0.2) is 0 Å². The fourth-order valence-electron chi connectivity index (χ4n) is 3.41. The molecular weight excluding hydrogens is 318 g/mol. The van der Waals surface area contributed by atoms with Gasteiger partial charge in [-0.1, -0.05) is 18.2 Å². The molecule has 8 nitrogen and oxygen atoms in total. The first-order valence-electron chi connectivity index (χ1n) is 8.31. The third kappa shape index (κ3) is 3.06. The standard InChI is InChI=1S/C17H21N7O/c1-22-12-19-21-17(22)15-8-14(25-2)9-23(15)10-16-18-11-20-24(16)13-6-4-3-5-7-13/h3-7,11-12,14-15H,8-10H2,1-2H3/t14-,15+/m1/s1. The monoisotopic (exact) mass is 339 g/mol. The Morgan fingerprint density at radius 3 is 2.80 bits per heavy atom. The van der Waals surface area contributed by atoms with Gasteiger partial charge in [0.05, 0.1) is 24.4 Å². The predicted molar refractivity (Wildman–Crippen MR) is 90.9 cm³/mol. The van der Waals surface area contributed by atoms with Gasteiger partial charge in [-0.3, -0.25) is 4.90 Å². The average molecular weight is 339 g/mol. The number of methoxy groups -OCH3 is 1. The van der Waals surface area contributed by atoms with Crippen LogP contribution in [0.5, 0.6) is 0 Å². The lowest BCUT2D eigenvalue weighted by Crippen LogP contribution is -2.27.